The molecular weight excluding hydrogens is 424 g/mol. The molecule has 0 spiro atoms. The Morgan fingerprint density at radius 1 is 0.879 bits per heavy atom. The first-order valence-electron chi connectivity index (χ1n) is 10.9. The van der Waals surface area contributed by atoms with E-state index in [-0.39, 0.29) is 5.69 Å². The lowest BCUT2D eigenvalue weighted by atomic mass is 9.99. The molecule has 4 rings (SSSR count). The van der Waals surface area contributed by atoms with Crippen LogP contribution in [-0.2, 0) is 29.0 Å². The van der Waals surface area contributed by atoms with Crippen molar-refractivity contribution >= 4 is 23.2 Å². The molecule has 0 saturated heterocycles. The van der Waals surface area contributed by atoms with Crippen molar-refractivity contribution in [1.29, 1.82) is 0 Å². The van der Waals surface area contributed by atoms with E-state index in [1.165, 1.54) is 22.9 Å². The molecule has 0 aliphatic carbocycles. The van der Waals surface area contributed by atoms with Crippen LogP contribution in [0, 0.1) is 11.6 Å². The van der Waals surface area contributed by atoms with Crippen molar-refractivity contribution in [2.24, 2.45) is 0 Å². The Kier molecular flexibility index (Phi) is 6.98. The van der Waals surface area contributed by atoms with Gasteiger partial charge in [0.15, 0.2) is 11.6 Å². The SMILES string of the molecule is O=C(NCCCc1ccc(N2CCc3ccccc3C2)cc1)C(=O)Nc1ccc(F)c(F)c1. The third kappa shape index (κ3) is 5.74. The number of anilines is 2. The van der Waals surface area contributed by atoms with Gasteiger partial charge in [0, 0.05) is 37.1 Å². The second-order valence-electron chi connectivity index (χ2n) is 8.05. The molecule has 1 aliphatic rings. The number of hydrogen-bond donors (Lipinski definition) is 2. The van der Waals surface area contributed by atoms with E-state index in [0.717, 1.165) is 43.6 Å². The van der Waals surface area contributed by atoms with Crippen molar-refractivity contribution in [2.75, 3.05) is 23.3 Å². The highest BCUT2D eigenvalue weighted by Crippen LogP contribution is 2.24. The third-order valence-electron chi connectivity index (χ3n) is 5.74. The van der Waals surface area contributed by atoms with Crippen LogP contribution >= 0.6 is 0 Å². The van der Waals surface area contributed by atoms with Crippen LogP contribution in [0.2, 0.25) is 0 Å². The molecule has 7 heteroatoms. The lowest BCUT2D eigenvalue weighted by molar-refractivity contribution is -0.136. The summed E-state index contributed by atoms with van der Waals surface area (Å²) in [5.41, 5.74) is 5.15. The Balaban J connectivity index is 1.20. The number of carbonyl (C=O) groups is 2. The van der Waals surface area contributed by atoms with Gasteiger partial charge >= 0.3 is 11.8 Å². The highest BCUT2D eigenvalue weighted by atomic mass is 19.2. The number of aryl methyl sites for hydroxylation is 1. The molecule has 0 fully saturated rings. The van der Waals surface area contributed by atoms with E-state index in [0.29, 0.717) is 13.0 Å². The largest absolute Gasteiger partial charge is 0.367 e. The maximum atomic E-state index is 13.2. The molecule has 1 aliphatic heterocycles. The first-order chi connectivity index (χ1) is 16.0. The molecule has 170 valence electrons. The van der Waals surface area contributed by atoms with E-state index in [9.17, 15) is 18.4 Å². The van der Waals surface area contributed by atoms with Crippen molar-refractivity contribution in [2.45, 2.75) is 25.8 Å². The fourth-order valence-corrected chi connectivity index (χ4v) is 3.93. The number of halogens is 2. The predicted molar refractivity (Wildman–Crippen MR) is 124 cm³/mol. The molecular formula is C26H25F2N3O2. The smallest absolute Gasteiger partial charge is 0.313 e. The maximum Gasteiger partial charge on any atom is 0.313 e. The van der Waals surface area contributed by atoms with Gasteiger partial charge in [-0.15, -0.1) is 0 Å². The van der Waals surface area contributed by atoms with Crippen LogP contribution in [-0.4, -0.2) is 24.9 Å². The number of carbonyl (C=O) groups excluding carboxylic acids is 2. The van der Waals surface area contributed by atoms with Crippen LogP contribution in [0.4, 0.5) is 20.2 Å². The molecule has 0 saturated carbocycles. The van der Waals surface area contributed by atoms with E-state index in [4.69, 9.17) is 0 Å². The number of nitrogens with zero attached hydrogens (tertiary/aromatic N) is 1. The Morgan fingerprint density at radius 3 is 2.39 bits per heavy atom. The van der Waals surface area contributed by atoms with Crippen molar-refractivity contribution in [3.63, 3.8) is 0 Å². The van der Waals surface area contributed by atoms with E-state index in [1.807, 2.05) is 0 Å². The number of hydrogen-bond acceptors (Lipinski definition) is 3. The van der Waals surface area contributed by atoms with Gasteiger partial charge in [0.05, 0.1) is 0 Å². The second kappa shape index (κ2) is 10.3. The minimum atomic E-state index is -1.09. The summed E-state index contributed by atoms with van der Waals surface area (Å²) in [5, 5.41) is 4.79. The Labute approximate surface area is 191 Å². The second-order valence-corrected chi connectivity index (χ2v) is 8.05. The quantitative estimate of drug-likeness (QED) is 0.438. The highest BCUT2D eigenvalue weighted by Gasteiger charge is 2.16. The standard InChI is InChI=1S/C26H25F2N3O2/c27-23-12-9-21(16-24(23)28)30-26(33)25(32)29-14-3-4-18-7-10-22(11-8-18)31-15-13-19-5-1-2-6-20(19)17-31/h1-2,5-12,16H,3-4,13-15,17H2,(H,29,32)(H,30,33). The Bertz CT molecular complexity index is 1150. The van der Waals surface area contributed by atoms with Gasteiger partial charge in [-0.2, -0.15) is 0 Å². The van der Waals surface area contributed by atoms with E-state index in [2.05, 4.69) is 64.1 Å². The molecule has 0 bridgehead atoms. The van der Waals surface area contributed by atoms with Crippen LogP contribution in [0.1, 0.15) is 23.1 Å². The number of benzene rings is 3. The number of amides is 2. The van der Waals surface area contributed by atoms with Crippen LogP contribution in [0.5, 0.6) is 0 Å². The summed E-state index contributed by atoms with van der Waals surface area (Å²) >= 11 is 0. The lowest BCUT2D eigenvalue weighted by Gasteiger charge is -2.30. The minimum Gasteiger partial charge on any atom is -0.367 e. The normalized spacial score (nSPS) is 12.7. The van der Waals surface area contributed by atoms with Gasteiger partial charge < -0.3 is 15.5 Å². The van der Waals surface area contributed by atoms with Gasteiger partial charge in [-0.25, -0.2) is 8.78 Å². The van der Waals surface area contributed by atoms with E-state index >= 15 is 0 Å². The fraction of sp³-hybridized carbons (Fsp3) is 0.231. The molecule has 2 N–H and O–H groups in total. The number of rotatable bonds is 6. The summed E-state index contributed by atoms with van der Waals surface area (Å²) in [6.45, 7) is 2.23. The average molecular weight is 450 g/mol. The van der Waals surface area contributed by atoms with Crippen LogP contribution in [0.15, 0.2) is 66.7 Å². The number of fused-ring (bicyclic) bond motifs is 1. The van der Waals surface area contributed by atoms with Crippen molar-refractivity contribution in [3.05, 3.63) is 95.1 Å². The first-order valence-corrected chi connectivity index (χ1v) is 10.9. The zero-order valence-corrected chi connectivity index (χ0v) is 18.1. The molecule has 0 radical (unpaired) electrons. The lowest BCUT2D eigenvalue weighted by Crippen LogP contribution is -2.36. The van der Waals surface area contributed by atoms with E-state index < -0.39 is 23.4 Å². The van der Waals surface area contributed by atoms with Crippen molar-refractivity contribution in [1.82, 2.24) is 5.32 Å². The van der Waals surface area contributed by atoms with Gasteiger partial charge in [-0.3, -0.25) is 9.59 Å². The molecule has 2 amide bonds. The molecule has 0 aromatic heterocycles. The molecule has 3 aromatic rings. The predicted octanol–water partition coefficient (Wildman–Crippen LogP) is 4.22. The topological polar surface area (TPSA) is 61.4 Å². The van der Waals surface area contributed by atoms with Gasteiger partial charge in [-0.1, -0.05) is 36.4 Å². The molecule has 3 aromatic carbocycles. The van der Waals surface area contributed by atoms with Crippen molar-refractivity contribution < 1.29 is 18.4 Å². The average Bonchev–Trinajstić information content (AvgIpc) is 2.84. The molecule has 5 nitrogen and oxygen atoms in total. The summed E-state index contributed by atoms with van der Waals surface area (Å²) in [7, 11) is 0. The van der Waals surface area contributed by atoms with Crippen molar-refractivity contribution in [3.8, 4) is 0 Å². The molecule has 0 unspecified atom stereocenters. The molecule has 1 heterocycles. The monoisotopic (exact) mass is 449 g/mol. The van der Waals surface area contributed by atoms with E-state index in [1.54, 1.807) is 0 Å². The Hall–Kier alpha value is -3.74. The molecule has 0 atom stereocenters. The third-order valence-corrected chi connectivity index (χ3v) is 5.74. The van der Waals surface area contributed by atoms with Gasteiger partial charge in [0.1, 0.15) is 0 Å². The van der Waals surface area contributed by atoms with Crippen LogP contribution in [0.3, 0.4) is 0 Å². The summed E-state index contributed by atoms with van der Waals surface area (Å²) in [5.74, 6) is -3.86. The zero-order valence-electron chi connectivity index (χ0n) is 18.1. The Morgan fingerprint density at radius 2 is 1.64 bits per heavy atom. The fourth-order valence-electron chi connectivity index (χ4n) is 3.93. The minimum absolute atomic E-state index is 0.0198. The van der Waals surface area contributed by atoms with Crippen LogP contribution < -0.4 is 15.5 Å². The summed E-state index contributed by atoms with van der Waals surface area (Å²) in [6.07, 6.45) is 2.47. The summed E-state index contributed by atoms with van der Waals surface area (Å²) < 4.78 is 26.1. The number of nitrogens with one attached hydrogen (secondary N) is 2. The zero-order chi connectivity index (χ0) is 23.2. The maximum absolute atomic E-state index is 13.2. The van der Waals surface area contributed by atoms with Crippen LogP contribution in [0.25, 0.3) is 0 Å². The van der Waals surface area contributed by atoms with Gasteiger partial charge in [-0.05, 0) is 60.2 Å². The molecule has 33 heavy (non-hydrogen) atoms. The van der Waals surface area contributed by atoms with Gasteiger partial charge in [0.25, 0.3) is 0 Å². The summed E-state index contributed by atoms with van der Waals surface area (Å²) in [4.78, 5) is 26.2. The van der Waals surface area contributed by atoms with Gasteiger partial charge in [0.2, 0.25) is 0 Å². The summed E-state index contributed by atoms with van der Waals surface area (Å²) in [6, 6.07) is 19.9. The highest BCUT2D eigenvalue weighted by molar-refractivity contribution is 6.39. The first kappa shape index (κ1) is 22.5.